The monoisotopic (exact) mass is 295 g/mol. The highest BCUT2D eigenvalue weighted by Gasteiger charge is 2.15. The van der Waals surface area contributed by atoms with Crippen LogP contribution in [0.15, 0.2) is 12.1 Å². The number of methoxy groups -OCH3 is 1. The highest BCUT2D eigenvalue weighted by Crippen LogP contribution is 2.28. The molecule has 1 heterocycles. The molecule has 1 saturated carbocycles. The molecule has 0 aromatic carbocycles. The first-order valence-corrected chi connectivity index (χ1v) is 7.98. The fraction of sp³-hybridized carbons (Fsp3) is 0.600. The third-order valence-electron chi connectivity index (χ3n) is 3.76. The van der Waals surface area contributed by atoms with Gasteiger partial charge in [0.05, 0.1) is 12.1 Å². The Morgan fingerprint density at radius 1 is 1.30 bits per heavy atom. The second-order valence-corrected chi connectivity index (χ2v) is 6.33. The predicted octanol–water partition coefficient (Wildman–Crippen LogP) is 3.83. The largest absolute Gasteiger partial charge is 0.465 e. The van der Waals surface area contributed by atoms with Crippen LogP contribution in [-0.2, 0) is 9.53 Å². The van der Waals surface area contributed by atoms with Crippen LogP contribution in [0.1, 0.15) is 54.6 Å². The van der Waals surface area contributed by atoms with Crippen molar-refractivity contribution in [3.05, 3.63) is 17.0 Å². The summed E-state index contributed by atoms with van der Waals surface area (Å²) in [6.45, 7) is 0. The van der Waals surface area contributed by atoms with E-state index in [0.29, 0.717) is 22.2 Å². The van der Waals surface area contributed by atoms with E-state index in [2.05, 4.69) is 10.1 Å². The molecule has 4 nitrogen and oxygen atoms in total. The van der Waals surface area contributed by atoms with Gasteiger partial charge in [-0.2, -0.15) is 0 Å². The third kappa shape index (κ3) is 4.34. The van der Waals surface area contributed by atoms with Crippen LogP contribution in [0.5, 0.6) is 0 Å². The Hall–Kier alpha value is -1.36. The fourth-order valence-electron chi connectivity index (χ4n) is 2.63. The molecule has 0 atom stereocenters. The van der Waals surface area contributed by atoms with Gasteiger partial charge in [0.15, 0.2) is 0 Å². The molecule has 1 N–H and O–H groups in total. The summed E-state index contributed by atoms with van der Waals surface area (Å²) in [7, 11) is 1.35. The van der Waals surface area contributed by atoms with E-state index in [1.807, 2.05) is 0 Å². The van der Waals surface area contributed by atoms with Crippen molar-refractivity contribution in [1.29, 1.82) is 0 Å². The number of hydrogen-bond acceptors (Lipinski definition) is 4. The molecule has 0 aliphatic heterocycles. The summed E-state index contributed by atoms with van der Waals surface area (Å²) < 4.78 is 4.64. The second kappa shape index (κ2) is 7.43. The molecule has 1 amide bonds. The molecule has 20 heavy (non-hydrogen) atoms. The van der Waals surface area contributed by atoms with Crippen molar-refractivity contribution in [2.45, 2.75) is 44.9 Å². The van der Waals surface area contributed by atoms with E-state index in [-0.39, 0.29) is 11.9 Å². The Labute approximate surface area is 123 Å². The number of amides is 1. The minimum atomic E-state index is -0.363. The summed E-state index contributed by atoms with van der Waals surface area (Å²) in [6.07, 6.45) is 8.02. The number of thiophene rings is 1. The van der Waals surface area contributed by atoms with Gasteiger partial charge in [-0.3, -0.25) is 4.79 Å². The first kappa shape index (κ1) is 15.0. The number of anilines is 1. The predicted molar refractivity (Wildman–Crippen MR) is 80.1 cm³/mol. The van der Waals surface area contributed by atoms with Gasteiger partial charge in [0, 0.05) is 6.42 Å². The van der Waals surface area contributed by atoms with Crippen molar-refractivity contribution in [1.82, 2.24) is 0 Å². The highest BCUT2D eigenvalue weighted by molar-refractivity contribution is 7.18. The lowest BCUT2D eigenvalue weighted by Gasteiger charge is -2.20. The standard InChI is InChI=1S/C15H21NO3S/c1-19-15(18)12-8-10-14(20-12)16-13(17)9-7-11-5-3-2-4-6-11/h8,10-11H,2-7,9H2,1H3,(H,16,17). The topological polar surface area (TPSA) is 55.4 Å². The second-order valence-electron chi connectivity index (χ2n) is 5.25. The number of esters is 1. The van der Waals surface area contributed by atoms with Crippen LogP contribution in [-0.4, -0.2) is 19.0 Å². The minimum absolute atomic E-state index is 0.0360. The Morgan fingerprint density at radius 3 is 2.75 bits per heavy atom. The van der Waals surface area contributed by atoms with Crippen molar-refractivity contribution >= 4 is 28.2 Å². The van der Waals surface area contributed by atoms with E-state index in [1.165, 1.54) is 50.6 Å². The Bertz CT molecular complexity index is 463. The Balaban J connectivity index is 1.76. The van der Waals surface area contributed by atoms with Crippen molar-refractivity contribution in [3.63, 3.8) is 0 Å². The van der Waals surface area contributed by atoms with Crippen molar-refractivity contribution in [2.24, 2.45) is 5.92 Å². The summed E-state index contributed by atoms with van der Waals surface area (Å²) >= 11 is 1.25. The van der Waals surface area contributed by atoms with E-state index in [9.17, 15) is 9.59 Å². The van der Waals surface area contributed by atoms with Crippen LogP contribution >= 0.6 is 11.3 Å². The summed E-state index contributed by atoms with van der Waals surface area (Å²) in [5, 5.41) is 3.56. The van der Waals surface area contributed by atoms with E-state index in [4.69, 9.17) is 0 Å². The first-order valence-electron chi connectivity index (χ1n) is 7.17. The maximum absolute atomic E-state index is 11.9. The fourth-order valence-corrected chi connectivity index (χ4v) is 3.47. The normalized spacial score (nSPS) is 15.8. The quantitative estimate of drug-likeness (QED) is 0.840. The molecule has 5 heteroatoms. The molecule has 1 fully saturated rings. The number of hydrogen-bond donors (Lipinski definition) is 1. The maximum Gasteiger partial charge on any atom is 0.348 e. The maximum atomic E-state index is 11.9. The van der Waals surface area contributed by atoms with E-state index < -0.39 is 0 Å². The smallest absolute Gasteiger partial charge is 0.348 e. The van der Waals surface area contributed by atoms with Gasteiger partial charge in [0.1, 0.15) is 4.88 Å². The van der Waals surface area contributed by atoms with Crippen LogP contribution in [0, 0.1) is 5.92 Å². The molecule has 1 aliphatic carbocycles. The van der Waals surface area contributed by atoms with Crippen LogP contribution in [0.25, 0.3) is 0 Å². The number of nitrogens with one attached hydrogen (secondary N) is 1. The third-order valence-corrected chi connectivity index (χ3v) is 4.74. The van der Waals surface area contributed by atoms with E-state index >= 15 is 0 Å². The molecule has 0 unspecified atom stereocenters. The molecule has 2 rings (SSSR count). The van der Waals surface area contributed by atoms with Gasteiger partial charge >= 0.3 is 5.97 Å². The summed E-state index contributed by atoms with van der Waals surface area (Å²) in [5.41, 5.74) is 0. The van der Waals surface area contributed by atoms with E-state index in [1.54, 1.807) is 12.1 Å². The molecular formula is C15H21NO3S. The first-order chi connectivity index (χ1) is 9.69. The van der Waals surface area contributed by atoms with Gasteiger partial charge in [0.25, 0.3) is 0 Å². The van der Waals surface area contributed by atoms with Crippen LogP contribution < -0.4 is 5.32 Å². The molecule has 1 aliphatic rings. The Kier molecular flexibility index (Phi) is 5.59. The average molecular weight is 295 g/mol. The van der Waals surface area contributed by atoms with Gasteiger partial charge in [-0.25, -0.2) is 4.79 Å². The zero-order valence-corrected chi connectivity index (χ0v) is 12.6. The molecule has 110 valence electrons. The highest BCUT2D eigenvalue weighted by atomic mass is 32.1. The lowest BCUT2D eigenvalue weighted by atomic mass is 9.86. The van der Waals surface area contributed by atoms with Gasteiger partial charge < -0.3 is 10.1 Å². The van der Waals surface area contributed by atoms with Gasteiger partial charge in [-0.1, -0.05) is 32.1 Å². The minimum Gasteiger partial charge on any atom is -0.465 e. The van der Waals surface area contributed by atoms with E-state index in [0.717, 1.165) is 6.42 Å². The molecule has 1 aromatic rings. The van der Waals surface area contributed by atoms with Gasteiger partial charge in [0.2, 0.25) is 5.91 Å². The number of carbonyl (C=O) groups excluding carboxylic acids is 2. The number of ether oxygens (including phenoxy) is 1. The van der Waals surface area contributed by atoms with Crippen LogP contribution in [0.2, 0.25) is 0 Å². The summed E-state index contributed by atoms with van der Waals surface area (Å²) in [4.78, 5) is 23.7. The van der Waals surface area contributed by atoms with Crippen molar-refractivity contribution in [2.75, 3.05) is 12.4 Å². The molecule has 1 aromatic heterocycles. The molecule has 0 radical (unpaired) electrons. The van der Waals surface area contributed by atoms with Crippen molar-refractivity contribution in [3.8, 4) is 0 Å². The average Bonchev–Trinajstić information content (AvgIpc) is 2.94. The zero-order chi connectivity index (χ0) is 14.4. The van der Waals surface area contributed by atoms with Crippen LogP contribution in [0.3, 0.4) is 0 Å². The molecule has 0 spiro atoms. The SMILES string of the molecule is COC(=O)c1ccc(NC(=O)CCC2CCCCC2)s1. The number of carbonyl (C=O) groups is 2. The summed E-state index contributed by atoms with van der Waals surface area (Å²) in [6, 6.07) is 3.42. The summed E-state index contributed by atoms with van der Waals surface area (Å²) in [5.74, 6) is 0.384. The molecule has 0 saturated heterocycles. The lowest BCUT2D eigenvalue weighted by Crippen LogP contribution is -2.14. The Morgan fingerprint density at radius 2 is 2.05 bits per heavy atom. The zero-order valence-electron chi connectivity index (χ0n) is 11.8. The van der Waals surface area contributed by atoms with Gasteiger partial charge in [-0.15, -0.1) is 11.3 Å². The van der Waals surface area contributed by atoms with Crippen molar-refractivity contribution < 1.29 is 14.3 Å². The molecular weight excluding hydrogens is 274 g/mol. The van der Waals surface area contributed by atoms with Gasteiger partial charge in [-0.05, 0) is 24.5 Å². The number of rotatable bonds is 5. The van der Waals surface area contributed by atoms with Crippen LogP contribution in [0.4, 0.5) is 5.00 Å². The molecule has 0 bridgehead atoms. The lowest BCUT2D eigenvalue weighted by molar-refractivity contribution is -0.116.